The lowest BCUT2D eigenvalue weighted by atomic mass is 9.96. The van der Waals surface area contributed by atoms with Crippen LogP contribution in [0, 0.1) is 11.8 Å². The molecule has 2 aromatic heterocycles. The fourth-order valence-electron chi connectivity index (χ4n) is 13.7. The van der Waals surface area contributed by atoms with Gasteiger partial charge in [0.15, 0.2) is 0 Å². The van der Waals surface area contributed by atoms with E-state index in [0.717, 1.165) is 0 Å². The molecule has 698 valence electrons. The summed E-state index contributed by atoms with van der Waals surface area (Å²) in [5.41, 5.74) is 8.99. The van der Waals surface area contributed by atoms with Gasteiger partial charge in [-0.25, -0.2) is 9.78 Å². The number of imidazole rings is 1. The summed E-state index contributed by atoms with van der Waals surface area (Å²) in [6.45, 7) is 0.490. The van der Waals surface area contributed by atoms with Crippen molar-refractivity contribution in [2.24, 2.45) is 17.6 Å². The molecular weight excluding hydrogens is 1700 g/mol. The molecule has 0 spiro atoms. The molecule has 13 atom stereocenters. The van der Waals surface area contributed by atoms with Gasteiger partial charge in [0.1, 0.15) is 72.2 Å². The van der Waals surface area contributed by atoms with Gasteiger partial charge in [0.25, 0.3) is 0 Å². The van der Waals surface area contributed by atoms with Crippen LogP contribution in [0.4, 0.5) is 0 Å². The lowest BCUT2D eigenvalue weighted by Gasteiger charge is -2.29. The third kappa shape index (κ3) is 33.0. The summed E-state index contributed by atoms with van der Waals surface area (Å²) in [6, 6.07) is 19.3. The number of aliphatic hydroxyl groups is 1. The van der Waals surface area contributed by atoms with Crippen LogP contribution in [-0.4, -0.2) is 255 Å². The number of aromatic amines is 2. The van der Waals surface area contributed by atoms with Crippen LogP contribution in [0.15, 0.2) is 158 Å². The normalized spacial score (nSPS) is 18.0. The van der Waals surface area contributed by atoms with Crippen molar-refractivity contribution in [3.63, 3.8) is 0 Å². The van der Waals surface area contributed by atoms with Gasteiger partial charge in [0.05, 0.1) is 65.0 Å². The second kappa shape index (κ2) is 50.8. The molecule has 1 fully saturated rings. The number of aliphatic hydroxyl groups excluding tert-OH is 1. The summed E-state index contributed by atoms with van der Waals surface area (Å²) in [7, 11) is 0. The number of carboxylic acid groups (broad SMARTS) is 1. The minimum atomic E-state index is -2.10. The number of carbonyl (C=O) groups excluding carboxylic acids is 18. The molecule has 1 saturated heterocycles. The van der Waals surface area contributed by atoms with E-state index >= 15 is 9.59 Å². The lowest BCUT2D eigenvalue weighted by molar-refractivity contribution is -0.141. The van der Waals surface area contributed by atoms with Crippen molar-refractivity contribution in [2.45, 2.75) is 158 Å². The number of carboxylic acids is 1. The van der Waals surface area contributed by atoms with Crippen molar-refractivity contribution in [2.75, 3.05) is 45.9 Å². The van der Waals surface area contributed by atoms with Gasteiger partial charge in [0.2, 0.25) is 106 Å². The van der Waals surface area contributed by atoms with Gasteiger partial charge in [-0.3, -0.25) is 86.3 Å². The number of nitrogens with one attached hydrogen (secondary N) is 19. The van der Waals surface area contributed by atoms with Gasteiger partial charge < -0.3 is 121 Å². The van der Waals surface area contributed by atoms with Crippen molar-refractivity contribution >= 4 is 123 Å². The van der Waals surface area contributed by atoms with E-state index in [0.29, 0.717) is 45.1 Å². The highest BCUT2D eigenvalue weighted by atomic mass is 16.4. The number of rotatable bonds is 38. The van der Waals surface area contributed by atoms with E-state index in [1.165, 1.54) is 43.7 Å². The molecule has 18 amide bonds. The van der Waals surface area contributed by atoms with Gasteiger partial charge in [-0.1, -0.05) is 162 Å². The van der Waals surface area contributed by atoms with E-state index in [4.69, 9.17) is 5.73 Å². The highest BCUT2D eigenvalue weighted by Gasteiger charge is 2.39. The number of aromatic hydroxyl groups is 1. The van der Waals surface area contributed by atoms with Gasteiger partial charge in [-0.05, 0) is 57.9 Å². The lowest BCUT2D eigenvalue weighted by Crippen LogP contribution is -2.61. The maximum Gasteiger partial charge on any atom is 0.326 e. The number of aliphatic carboxylic acids is 1. The minimum absolute atomic E-state index is 0.0715. The maximum absolute atomic E-state index is 15.1. The summed E-state index contributed by atoms with van der Waals surface area (Å²) in [6.07, 6.45) is 1.11. The molecule has 5 aromatic carbocycles. The molecule has 8 rings (SSSR count). The van der Waals surface area contributed by atoms with Gasteiger partial charge >= 0.3 is 5.97 Å². The van der Waals surface area contributed by atoms with E-state index in [2.05, 4.69) is 105 Å². The summed E-state index contributed by atoms with van der Waals surface area (Å²) < 4.78 is 0. The van der Waals surface area contributed by atoms with Crippen LogP contribution in [0.2, 0.25) is 0 Å². The average Bonchev–Trinajstić information content (AvgIpc) is 1.65. The Bertz CT molecular complexity index is 5180. The Morgan fingerprint density at radius 1 is 0.466 bits per heavy atom. The van der Waals surface area contributed by atoms with Crippen molar-refractivity contribution in [1.82, 2.24) is 105 Å². The summed E-state index contributed by atoms with van der Waals surface area (Å²) in [5, 5.41) is 72.3. The molecule has 0 aliphatic carbocycles. The fourth-order valence-corrected chi connectivity index (χ4v) is 13.7. The number of nitrogens with zero attached hydrogens (tertiary/aromatic N) is 1. The summed E-state index contributed by atoms with van der Waals surface area (Å²) in [4.78, 5) is 275. The largest absolute Gasteiger partial charge is 0.508 e. The number of carbonyl (C=O) groups is 19. The number of nitrogens with two attached hydrogens (primary N) is 1. The van der Waals surface area contributed by atoms with Gasteiger partial charge in [-0.2, -0.15) is 0 Å². The van der Waals surface area contributed by atoms with Crippen LogP contribution >= 0.6 is 0 Å². The van der Waals surface area contributed by atoms with Crippen LogP contribution in [0.5, 0.6) is 5.75 Å². The molecule has 7 aromatic rings. The quantitative estimate of drug-likeness (QED) is 0.0172. The van der Waals surface area contributed by atoms with E-state index in [1.54, 1.807) is 142 Å². The molecular formula is C88H109N21O22. The Labute approximate surface area is 751 Å². The predicted octanol–water partition coefficient (Wildman–Crippen LogP) is -5.17. The molecule has 3 heterocycles. The monoisotopic (exact) mass is 1810 g/mol. The van der Waals surface area contributed by atoms with Crippen molar-refractivity contribution in [1.29, 1.82) is 0 Å². The molecule has 0 unspecified atom stereocenters. The molecule has 24 N–H and O–H groups in total. The first-order chi connectivity index (χ1) is 62.6. The van der Waals surface area contributed by atoms with Crippen LogP contribution in [0.3, 0.4) is 0 Å². The molecule has 131 heavy (non-hydrogen) atoms. The highest BCUT2D eigenvalue weighted by Crippen LogP contribution is 2.21. The highest BCUT2D eigenvalue weighted by molar-refractivity contribution is 6.02. The van der Waals surface area contributed by atoms with Crippen LogP contribution < -0.4 is 96.1 Å². The second-order valence-electron chi connectivity index (χ2n) is 31.2. The van der Waals surface area contributed by atoms with E-state index in [1.807, 2.05) is 0 Å². The number of phenols is 1. The number of primary amides is 1. The molecule has 0 saturated carbocycles. The molecule has 1 aliphatic rings. The number of H-pyrrole nitrogens is 2. The van der Waals surface area contributed by atoms with Crippen LogP contribution in [0.1, 0.15) is 86.9 Å². The van der Waals surface area contributed by atoms with Crippen molar-refractivity contribution in [3.05, 3.63) is 192 Å². The topological polar surface area (TPSA) is 660 Å². The Morgan fingerprint density at radius 3 is 1.53 bits per heavy atom. The van der Waals surface area contributed by atoms with Gasteiger partial charge in [-0.15, -0.1) is 0 Å². The first-order valence-electron chi connectivity index (χ1n) is 42.1. The van der Waals surface area contributed by atoms with Gasteiger partial charge in [0, 0.05) is 67.5 Å². The molecule has 1 aliphatic heterocycles. The number of benzene rings is 5. The first kappa shape index (κ1) is 101. The molecule has 43 nitrogen and oxygen atoms in total. The zero-order valence-corrected chi connectivity index (χ0v) is 72.2. The Morgan fingerprint density at radius 2 is 0.954 bits per heavy atom. The number of hydrogen-bond donors (Lipinski definition) is 23. The smallest absolute Gasteiger partial charge is 0.326 e. The molecule has 0 bridgehead atoms. The standard InChI is InChI=1S/C88H109N21O22/c1-5-48(3)76-86(128)97-45-75(119)100-62(34-54-38-91-58-25-17-16-24-57(54)58)79(121)96-44-74(118)102-64(36-68(89)112)83(125)105-65(37-69(113)92-41-71(115)99-60(84(126)108-76)31-51-20-12-8-13-21-51)85(127)109-77(49(4)6-2)87(129)106-59(30-50-18-10-7-11-19-50)78(120)95-43-73(117)101-63(35-55-39-90-47-98-55)82(124)104-61(32-53-26-28-56(111)29-27-53)81(123)107-67(46-110)80(122)94-40-70(114)93-42-72(116)103-66(88(130)131)33-52-22-14-9-15-23-52/h7-29,38-39,47-49,59-67,76-77,91,110-111H,5-6,30-37,40-46H2,1-4H3,(H2,89,112)(H,90,98)(H,92,113)(H,93,114)(H,94,122)(H,95,120)(H,96,121)(H,97,128)(H,99,115)(H,100,119)(H,101,117)(H,102,118)(H,103,116)(H,104,124)(H,105,125)(H,106,129)(H,107,123)(H,108,126)(H,109,127)(H,130,131)/t48-,49-,59-,60-,61-,62-,63-,64-,65-,66-,67-,76-,77-/m0/s1. The first-order valence-corrected chi connectivity index (χ1v) is 42.1. The Balaban J connectivity index is 0.994. The third-order valence-electron chi connectivity index (χ3n) is 21.2. The Kier molecular flexibility index (Phi) is 39.1. The maximum atomic E-state index is 15.1. The second-order valence-corrected chi connectivity index (χ2v) is 31.2. The van der Waals surface area contributed by atoms with E-state index in [9.17, 15) is 96.8 Å². The number of fused-ring (bicyclic) bond motifs is 1. The SMILES string of the molecule is CC[C@H](C)[C@@H]1NC(=O)[C@H](Cc2ccccc2)NC(=O)CNC(=O)C[C@@H](C(=O)N[C@H](C(=O)N[C@@H](Cc2ccccc2)C(=O)NCC(=O)N[C@@H](Cc2cnc[nH]2)C(=O)N[C@@H](Cc2ccc(O)cc2)C(=O)N[C@@H](CO)C(=O)NCC(=O)NCC(=O)N[C@@H](Cc2ccccc2)C(=O)O)[C@@H](C)CC)NC(=O)[C@H](CC(N)=O)NC(=O)CNC(=O)[C@H](Cc2c[nH]c3ccccc23)NC(=O)CNC1=O. The average molecular weight is 1810 g/mol. The number of para-hydroxylation sites is 1. The predicted molar refractivity (Wildman–Crippen MR) is 468 cm³/mol. The number of amides is 18. The van der Waals surface area contributed by atoms with Crippen molar-refractivity contribution in [3.8, 4) is 5.75 Å². The minimum Gasteiger partial charge on any atom is -0.508 e. The summed E-state index contributed by atoms with van der Waals surface area (Å²) >= 11 is 0. The van der Waals surface area contributed by atoms with E-state index in [-0.39, 0.29) is 56.4 Å². The third-order valence-corrected chi connectivity index (χ3v) is 21.2. The van der Waals surface area contributed by atoms with Crippen LogP contribution in [0.25, 0.3) is 10.9 Å². The molecule has 0 radical (unpaired) electrons. The zero-order valence-electron chi connectivity index (χ0n) is 72.2. The number of hydrogen-bond acceptors (Lipinski definition) is 22. The summed E-state index contributed by atoms with van der Waals surface area (Å²) in [5.74, 6) is -21.8. The number of phenolic OH excluding ortho intramolecular Hbond substituents is 1. The van der Waals surface area contributed by atoms with E-state index < -0.39 is 249 Å². The Hall–Kier alpha value is -15.5. The number of aromatic nitrogens is 3. The molecule has 43 heteroatoms. The van der Waals surface area contributed by atoms with Crippen molar-refractivity contribution < 1.29 is 106 Å². The zero-order chi connectivity index (χ0) is 95.2. The fraction of sp³-hybridized carbons (Fsp3) is 0.386. The van der Waals surface area contributed by atoms with Crippen LogP contribution in [-0.2, 0) is 130 Å².